The molecule has 3 aromatic heterocycles. The number of carbonyl (C=O) groups is 2. The first kappa shape index (κ1) is 24.4. The summed E-state index contributed by atoms with van der Waals surface area (Å²) >= 11 is 5.86. The Morgan fingerprint density at radius 2 is 2.09 bits per heavy atom. The molecule has 35 heavy (non-hydrogen) atoms. The quantitative estimate of drug-likeness (QED) is 0.147. The molecule has 0 spiro atoms. The predicted molar refractivity (Wildman–Crippen MR) is 115 cm³/mol. The number of ether oxygens (including phenoxy) is 2. The van der Waals surface area contributed by atoms with Crippen LogP contribution in [0.25, 0.3) is 11.2 Å². The summed E-state index contributed by atoms with van der Waals surface area (Å²) in [4.78, 5) is 35.8. The predicted octanol–water partition coefficient (Wildman–Crippen LogP) is -0.555. The summed E-state index contributed by atoms with van der Waals surface area (Å²) in [6.45, 7) is -0.824. The number of rotatable bonds is 8. The van der Waals surface area contributed by atoms with Crippen LogP contribution in [-0.2, 0) is 25.5 Å². The maximum Gasteiger partial charge on any atom is 0.348 e. The zero-order valence-corrected chi connectivity index (χ0v) is 18.4. The molecule has 4 atom stereocenters. The highest BCUT2D eigenvalue weighted by atomic mass is 35.5. The van der Waals surface area contributed by atoms with Gasteiger partial charge in [-0.15, -0.1) is 6.42 Å². The second-order valence-electron chi connectivity index (χ2n) is 7.69. The Morgan fingerprint density at radius 1 is 1.37 bits per heavy atom. The number of aliphatic carboxylic acids is 2. The van der Waals surface area contributed by atoms with Gasteiger partial charge in [-0.2, -0.15) is 9.97 Å². The number of aliphatic hydroxyl groups is 2. The van der Waals surface area contributed by atoms with Gasteiger partial charge in [0.2, 0.25) is 5.28 Å². The number of carboxylic acid groups (broad SMARTS) is 2. The molecule has 0 bridgehead atoms. The van der Waals surface area contributed by atoms with Gasteiger partial charge in [0.05, 0.1) is 25.5 Å². The molecule has 0 amide bonds. The van der Waals surface area contributed by atoms with Crippen molar-refractivity contribution >= 4 is 40.5 Å². The number of nitrogen functional groups attached to an aromatic ring is 1. The van der Waals surface area contributed by atoms with E-state index < -0.39 is 54.6 Å². The van der Waals surface area contributed by atoms with Crippen molar-refractivity contribution in [3.8, 4) is 12.3 Å². The number of furan rings is 1. The van der Waals surface area contributed by atoms with Crippen molar-refractivity contribution in [3.05, 3.63) is 35.8 Å². The Kier molecular flexibility index (Phi) is 6.13. The SMILES string of the molecule is C#C[C@@]1(O)[C@@H](COC(Cc2ccoc2)(C(=O)O)C(=O)O)O[C@@H](n2cnc3c(N)nc(Cl)nc32)[C@@H]1O. The van der Waals surface area contributed by atoms with Gasteiger partial charge in [0.15, 0.2) is 23.3 Å². The van der Waals surface area contributed by atoms with E-state index in [0.717, 1.165) is 6.26 Å². The molecule has 184 valence electrons. The lowest BCUT2D eigenvalue weighted by molar-refractivity contribution is -0.191. The highest BCUT2D eigenvalue weighted by molar-refractivity contribution is 6.28. The van der Waals surface area contributed by atoms with Crippen molar-refractivity contribution in [1.29, 1.82) is 0 Å². The van der Waals surface area contributed by atoms with Gasteiger partial charge in [-0.05, 0) is 23.2 Å². The number of anilines is 1. The summed E-state index contributed by atoms with van der Waals surface area (Å²) < 4.78 is 17.1. The summed E-state index contributed by atoms with van der Waals surface area (Å²) in [5.74, 6) is -1.66. The second-order valence-corrected chi connectivity index (χ2v) is 8.03. The summed E-state index contributed by atoms with van der Waals surface area (Å²) in [5.41, 5.74) is 1.01. The first-order valence-electron chi connectivity index (χ1n) is 9.84. The van der Waals surface area contributed by atoms with Crippen LogP contribution in [0.2, 0.25) is 5.28 Å². The molecule has 0 unspecified atom stereocenters. The number of carboxylic acids is 2. The molecule has 0 aliphatic carbocycles. The van der Waals surface area contributed by atoms with Crippen molar-refractivity contribution in [2.45, 2.75) is 36.1 Å². The van der Waals surface area contributed by atoms with Crippen LogP contribution in [0.5, 0.6) is 0 Å². The maximum atomic E-state index is 12.0. The molecule has 0 radical (unpaired) electrons. The fourth-order valence-corrected chi connectivity index (χ4v) is 3.90. The third kappa shape index (κ3) is 3.95. The Morgan fingerprint density at radius 3 is 2.69 bits per heavy atom. The van der Waals surface area contributed by atoms with E-state index in [9.17, 15) is 30.0 Å². The number of aliphatic hydroxyl groups excluding tert-OH is 1. The fraction of sp³-hybridized carbons (Fsp3) is 0.350. The van der Waals surface area contributed by atoms with Crippen molar-refractivity contribution in [3.63, 3.8) is 0 Å². The molecule has 1 aliphatic rings. The minimum absolute atomic E-state index is 0.0507. The third-order valence-corrected chi connectivity index (χ3v) is 5.82. The summed E-state index contributed by atoms with van der Waals surface area (Å²) in [7, 11) is 0. The summed E-state index contributed by atoms with van der Waals surface area (Å²) in [5, 5.41) is 41.0. The van der Waals surface area contributed by atoms with Crippen LogP contribution in [-0.4, -0.2) is 81.9 Å². The molecule has 4 heterocycles. The van der Waals surface area contributed by atoms with Gasteiger partial charge >= 0.3 is 11.9 Å². The molecule has 15 heteroatoms. The van der Waals surface area contributed by atoms with Gasteiger partial charge in [-0.25, -0.2) is 14.6 Å². The molecule has 1 saturated heterocycles. The molecule has 1 aliphatic heterocycles. The molecule has 1 fully saturated rings. The number of imidazole rings is 1. The zero-order chi connectivity index (χ0) is 25.5. The number of fused-ring (bicyclic) bond motifs is 1. The van der Waals surface area contributed by atoms with Crippen LogP contribution in [0, 0.1) is 12.3 Å². The Labute approximate surface area is 200 Å². The number of nitrogens with two attached hydrogens (primary N) is 1. The molecular formula is C20H18ClN5O9. The lowest BCUT2D eigenvalue weighted by Gasteiger charge is -2.29. The molecule has 0 aromatic carbocycles. The normalized spacial score (nSPS) is 24.5. The van der Waals surface area contributed by atoms with Crippen molar-refractivity contribution in [2.75, 3.05) is 12.3 Å². The molecule has 0 saturated carbocycles. The average molecular weight is 508 g/mol. The van der Waals surface area contributed by atoms with Gasteiger partial charge in [-0.3, -0.25) is 4.57 Å². The second kappa shape index (κ2) is 8.80. The number of hydrogen-bond acceptors (Lipinski definition) is 11. The van der Waals surface area contributed by atoms with E-state index >= 15 is 0 Å². The highest BCUT2D eigenvalue weighted by Gasteiger charge is 2.58. The molecule has 14 nitrogen and oxygen atoms in total. The number of nitrogens with zero attached hydrogens (tertiary/aromatic N) is 4. The molecule has 4 rings (SSSR count). The van der Waals surface area contributed by atoms with Crippen molar-refractivity contribution < 1.29 is 43.9 Å². The first-order chi connectivity index (χ1) is 16.5. The standard InChI is InChI=1S/C20H18ClN5O9/c1-2-19(32)10(7-34-20(16(28)29,17(30)31)5-9-3-4-33-6-9)35-15(12(19)27)26-8-23-11-13(22)24-18(21)25-14(11)26/h1,3-4,6,8,10,12,15,27,32H,5,7H2,(H,28,29)(H,30,31)(H2,22,24,25)/t10-,12+,15-,19-/m1/s1. The topological polar surface area (TPSA) is 216 Å². The Bertz CT molecular complexity index is 1310. The van der Waals surface area contributed by atoms with E-state index in [2.05, 4.69) is 15.0 Å². The van der Waals surface area contributed by atoms with Gasteiger partial charge < -0.3 is 40.1 Å². The largest absolute Gasteiger partial charge is 0.479 e. The van der Waals surface area contributed by atoms with Gasteiger partial charge in [0.25, 0.3) is 5.60 Å². The maximum absolute atomic E-state index is 12.0. The van der Waals surface area contributed by atoms with E-state index in [0.29, 0.717) is 0 Å². The van der Waals surface area contributed by atoms with E-state index in [1.165, 1.54) is 23.2 Å². The lowest BCUT2D eigenvalue weighted by Crippen LogP contribution is -2.54. The van der Waals surface area contributed by atoms with Crippen LogP contribution in [0.3, 0.4) is 0 Å². The summed E-state index contributed by atoms with van der Waals surface area (Å²) in [6, 6.07) is 1.37. The Hall–Kier alpha value is -3.74. The Balaban J connectivity index is 1.65. The van der Waals surface area contributed by atoms with Crippen LogP contribution >= 0.6 is 11.6 Å². The third-order valence-electron chi connectivity index (χ3n) is 5.65. The van der Waals surface area contributed by atoms with Crippen LogP contribution in [0.1, 0.15) is 11.8 Å². The fourth-order valence-electron chi connectivity index (χ4n) is 3.73. The van der Waals surface area contributed by atoms with E-state index in [1.807, 2.05) is 5.92 Å². The van der Waals surface area contributed by atoms with Crippen LogP contribution in [0.15, 0.2) is 29.3 Å². The first-order valence-corrected chi connectivity index (χ1v) is 10.2. The smallest absolute Gasteiger partial charge is 0.348 e. The van der Waals surface area contributed by atoms with Gasteiger partial charge in [-0.1, -0.05) is 5.92 Å². The van der Waals surface area contributed by atoms with E-state index in [4.69, 9.17) is 37.6 Å². The lowest BCUT2D eigenvalue weighted by atomic mass is 9.92. The van der Waals surface area contributed by atoms with Crippen LogP contribution in [0.4, 0.5) is 5.82 Å². The minimum Gasteiger partial charge on any atom is -0.479 e. The molecular weight excluding hydrogens is 490 g/mol. The van der Waals surface area contributed by atoms with Gasteiger partial charge in [0.1, 0.15) is 17.7 Å². The van der Waals surface area contributed by atoms with Gasteiger partial charge in [0, 0.05) is 6.42 Å². The van der Waals surface area contributed by atoms with E-state index in [-0.39, 0.29) is 27.8 Å². The minimum atomic E-state index is -2.78. The number of hydrogen-bond donors (Lipinski definition) is 5. The number of aromatic nitrogens is 4. The highest BCUT2D eigenvalue weighted by Crippen LogP contribution is 2.39. The molecule has 3 aromatic rings. The zero-order valence-electron chi connectivity index (χ0n) is 17.6. The number of halogens is 1. The van der Waals surface area contributed by atoms with Crippen LogP contribution < -0.4 is 5.73 Å². The number of terminal acetylenes is 1. The summed E-state index contributed by atoms with van der Waals surface area (Å²) in [6.07, 6.45) is 3.67. The van der Waals surface area contributed by atoms with Crippen molar-refractivity contribution in [2.24, 2.45) is 0 Å². The van der Waals surface area contributed by atoms with E-state index in [1.54, 1.807) is 0 Å². The molecule has 6 N–H and O–H groups in total. The average Bonchev–Trinajstić information content (AvgIpc) is 3.51. The van der Waals surface area contributed by atoms with Crippen molar-refractivity contribution in [1.82, 2.24) is 19.5 Å². The monoisotopic (exact) mass is 507 g/mol.